The molecule has 0 fully saturated rings. The lowest BCUT2D eigenvalue weighted by Gasteiger charge is -1.97. The molecule has 0 saturated heterocycles. The van der Waals surface area contributed by atoms with Crippen LogP contribution in [0.5, 0.6) is 0 Å². The topological polar surface area (TPSA) is 117 Å². The largest absolute Gasteiger partial charge is 0.508 e. The van der Waals surface area contributed by atoms with Crippen LogP contribution in [0.4, 0.5) is 11.9 Å². The molecule has 14 heavy (non-hydrogen) atoms. The fourth-order valence-corrected chi connectivity index (χ4v) is 0.852. The van der Waals surface area contributed by atoms with Gasteiger partial charge in [-0.15, -0.1) is 0 Å². The average molecular weight is 201 g/mol. The van der Waals surface area contributed by atoms with E-state index < -0.39 is 21.7 Å². The van der Waals surface area contributed by atoms with E-state index in [4.69, 9.17) is 0 Å². The third-order valence-electron chi connectivity index (χ3n) is 1.42. The fourth-order valence-electron chi connectivity index (χ4n) is 0.852. The van der Waals surface area contributed by atoms with Gasteiger partial charge in [0.2, 0.25) is 0 Å². The van der Waals surface area contributed by atoms with Crippen LogP contribution < -0.4 is 0 Å². The maximum atomic E-state index is 10.4. The molecule has 9 heteroatoms. The van der Waals surface area contributed by atoms with Gasteiger partial charge in [0.1, 0.15) is 6.04 Å². The molecule has 0 aliphatic heterocycles. The summed E-state index contributed by atoms with van der Waals surface area (Å²) in [5, 5.41) is 24.1. The first-order valence-corrected chi connectivity index (χ1v) is 3.68. The van der Waals surface area contributed by atoms with Gasteiger partial charge in [-0.05, 0) is 23.7 Å². The Morgan fingerprint density at radius 1 is 1.29 bits per heavy atom. The van der Waals surface area contributed by atoms with Crippen LogP contribution in [-0.4, -0.2) is 24.6 Å². The molecule has 0 radical (unpaired) electrons. The molecule has 0 N–H and O–H groups in total. The minimum atomic E-state index is -0.869. The van der Waals surface area contributed by atoms with Gasteiger partial charge in [-0.2, -0.15) is 0 Å². The zero-order valence-corrected chi connectivity index (χ0v) is 7.45. The quantitative estimate of drug-likeness (QED) is 0.524. The van der Waals surface area contributed by atoms with Gasteiger partial charge < -0.3 is 20.2 Å². The predicted octanol–water partition coefficient (Wildman–Crippen LogP) is 0.675. The Bertz CT molecular complexity index is 383. The number of hydrogen-bond donors (Lipinski definition) is 0. The van der Waals surface area contributed by atoms with Gasteiger partial charge in [0, 0.05) is 4.98 Å². The summed E-state index contributed by atoms with van der Waals surface area (Å²) in [4.78, 5) is 22.2. The molecule has 1 aromatic heterocycles. The van der Waals surface area contributed by atoms with Gasteiger partial charge in [0.15, 0.2) is 0 Å². The first-order valence-electron chi connectivity index (χ1n) is 3.68. The van der Waals surface area contributed by atoms with E-state index >= 15 is 0 Å². The van der Waals surface area contributed by atoms with Crippen LogP contribution in [0.3, 0.4) is 0 Å². The van der Waals surface area contributed by atoms with Gasteiger partial charge in [0.05, 0.1) is 5.10 Å². The molecule has 0 spiro atoms. The number of hydrogen-bond acceptors (Lipinski definition) is 6. The molecule has 1 aromatic rings. The monoisotopic (exact) mass is 201 g/mol. The molecule has 0 unspecified atom stereocenters. The summed E-state index contributed by atoms with van der Waals surface area (Å²) < 4.78 is 0.901. The highest BCUT2D eigenvalue weighted by atomic mass is 16.6. The lowest BCUT2D eigenvalue weighted by Crippen LogP contribution is -2.07. The fraction of sp³-hybridized carbons (Fsp3) is 0.600. The van der Waals surface area contributed by atoms with Crippen molar-refractivity contribution in [1.29, 1.82) is 0 Å². The number of rotatable bonds is 3. The minimum Gasteiger partial charge on any atom is -0.390 e. The molecule has 1 rings (SSSR count). The number of nitrogens with zero attached hydrogens (tertiary/aromatic N) is 5. The first kappa shape index (κ1) is 10.0. The lowest BCUT2D eigenvalue weighted by atomic mass is 10.4. The van der Waals surface area contributed by atoms with E-state index in [2.05, 4.69) is 10.1 Å². The molecule has 9 nitrogen and oxygen atoms in total. The van der Waals surface area contributed by atoms with E-state index in [1.807, 2.05) is 0 Å². The summed E-state index contributed by atoms with van der Waals surface area (Å²) in [5.74, 6) is -1.38. The van der Waals surface area contributed by atoms with Crippen molar-refractivity contribution < 1.29 is 9.85 Å². The van der Waals surface area contributed by atoms with Crippen LogP contribution in [0.25, 0.3) is 0 Å². The van der Waals surface area contributed by atoms with Crippen molar-refractivity contribution in [2.24, 2.45) is 0 Å². The Kier molecular flexibility index (Phi) is 2.40. The van der Waals surface area contributed by atoms with Crippen LogP contribution in [0.2, 0.25) is 0 Å². The summed E-state index contributed by atoms with van der Waals surface area (Å²) in [6.45, 7) is 3.23. The van der Waals surface area contributed by atoms with Crippen LogP contribution in [-0.2, 0) is 0 Å². The molecule has 0 amide bonds. The highest BCUT2D eigenvalue weighted by molar-refractivity contribution is 5.14. The first-order chi connectivity index (χ1) is 6.43. The van der Waals surface area contributed by atoms with Crippen molar-refractivity contribution in [2.45, 2.75) is 19.9 Å². The second-order valence-electron chi connectivity index (χ2n) is 2.76. The Morgan fingerprint density at radius 3 is 2.14 bits per heavy atom. The molecular weight excluding hydrogens is 194 g/mol. The Labute approximate surface area is 77.7 Å². The standard InChI is InChI=1S/C5H7N5O4/c1-3(2)8-5(10(13)14)6-4(7-8)9(11)12/h3H,1-2H3. The van der Waals surface area contributed by atoms with Crippen LogP contribution in [0, 0.1) is 20.2 Å². The van der Waals surface area contributed by atoms with Gasteiger partial charge in [-0.25, -0.2) is 0 Å². The summed E-state index contributed by atoms with van der Waals surface area (Å²) in [5.41, 5.74) is 0. The van der Waals surface area contributed by atoms with E-state index in [1.54, 1.807) is 13.8 Å². The maximum Gasteiger partial charge on any atom is 0.508 e. The summed E-state index contributed by atoms with van der Waals surface area (Å²) >= 11 is 0. The zero-order valence-electron chi connectivity index (χ0n) is 7.45. The van der Waals surface area contributed by atoms with Gasteiger partial charge >= 0.3 is 11.9 Å². The van der Waals surface area contributed by atoms with Crippen LogP contribution in [0.1, 0.15) is 19.9 Å². The Hall–Kier alpha value is -2.06. The van der Waals surface area contributed by atoms with Crippen LogP contribution in [0.15, 0.2) is 0 Å². The number of aromatic nitrogens is 3. The molecular formula is C5H7N5O4. The van der Waals surface area contributed by atoms with E-state index in [1.165, 1.54) is 0 Å². The molecule has 0 saturated carbocycles. The molecule has 1 heterocycles. The summed E-state index contributed by atoms with van der Waals surface area (Å²) in [6.07, 6.45) is 0. The summed E-state index contributed by atoms with van der Waals surface area (Å²) in [6, 6.07) is -0.350. The van der Waals surface area contributed by atoms with E-state index in [-0.39, 0.29) is 6.04 Å². The van der Waals surface area contributed by atoms with Crippen molar-refractivity contribution in [3.63, 3.8) is 0 Å². The second-order valence-corrected chi connectivity index (χ2v) is 2.76. The molecule has 76 valence electrons. The van der Waals surface area contributed by atoms with Crippen molar-refractivity contribution in [3.05, 3.63) is 20.2 Å². The van der Waals surface area contributed by atoms with E-state index in [9.17, 15) is 20.2 Å². The molecule has 0 aliphatic rings. The van der Waals surface area contributed by atoms with Gasteiger partial charge in [-0.3, -0.25) is 0 Å². The SMILES string of the molecule is CC(C)n1nc([N+](=O)[O-])nc1[N+](=O)[O-]. The van der Waals surface area contributed by atoms with Gasteiger partial charge in [-0.1, -0.05) is 4.68 Å². The third kappa shape index (κ3) is 1.65. The van der Waals surface area contributed by atoms with Crippen molar-refractivity contribution in [3.8, 4) is 0 Å². The van der Waals surface area contributed by atoms with Crippen molar-refractivity contribution in [1.82, 2.24) is 14.8 Å². The predicted molar refractivity (Wildman–Crippen MR) is 43.7 cm³/mol. The average Bonchev–Trinajstić information content (AvgIpc) is 2.47. The smallest absolute Gasteiger partial charge is 0.390 e. The molecule has 0 aliphatic carbocycles. The van der Waals surface area contributed by atoms with Crippen molar-refractivity contribution >= 4 is 11.9 Å². The summed E-state index contributed by atoms with van der Waals surface area (Å²) in [7, 11) is 0. The normalized spacial score (nSPS) is 10.5. The van der Waals surface area contributed by atoms with Gasteiger partial charge in [0.25, 0.3) is 0 Å². The second kappa shape index (κ2) is 3.36. The molecule has 0 bridgehead atoms. The highest BCUT2D eigenvalue weighted by Gasteiger charge is 2.29. The third-order valence-corrected chi connectivity index (χ3v) is 1.42. The highest BCUT2D eigenvalue weighted by Crippen LogP contribution is 2.17. The van der Waals surface area contributed by atoms with Crippen LogP contribution >= 0.6 is 0 Å². The van der Waals surface area contributed by atoms with E-state index in [0.29, 0.717) is 0 Å². The zero-order chi connectivity index (χ0) is 10.9. The molecule has 0 atom stereocenters. The maximum absolute atomic E-state index is 10.4. The van der Waals surface area contributed by atoms with E-state index in [0.717, 1.165) is 4.68 Å². The Morgan fingerprint density at radius 2 is 1.86 bits per heavy atom. The Balaban J connectivity index is 3.26. The lowest BCUT2D eigenvalue weighted by molar-refractivity contribution is -0.404. The molecule has 0 aromatic carbocycles. The van der Waals surface area contributed by atoms with Crippen molar-refractivity contribution in [2.75, 3.05) is 0 Å². The number of nitro groups is 2. The minimum absolute atomic E-state index is 0.350.